The Bertz CT molecular complexity index is 1050. The maximum atomic E-state index is 12.9. The number of alkyl halides is 3. The van der Waals surface area contributed by atoms with Crippen molar-refractivity contribution in [2.75, 3.05) is 25.2 Å². The molecule has 0 bridgehead atoms. The minimum Gasteiger partial charge on any atom is -0.332 e. The normalized spacial score (nSPS) is 11.8. The first-order chi connectivity index (χ1) is 13.8. The smallest absolute Gasteiger partial charge is 0.332 e. The Morgan fingerprint density at radius 3 is 2.23 bits per heavy atom. The van der Waals surface area contributed by atoms with Crippen molar-refractivity contribution < 1.29 is 31.2 Å². The molecule has 30 heavy (non-hydrogen) atoms. The van der Waals surface area contributed by atoms with Crippen molar-refractivity contribution >= 4 is 38.9 Å². The highest BCUT2D eigenvalue weighted by molar-refractivity contribution is 7.89. The monoisotopic (exact) mass is 462 g/mol. The summed E-state index contributed by atoms with van der Waals surface area (Å²) in [5, 5.41) is 1.80. The number of carbonyl (C=O) groups excluding carboxylic acids is 2. The molecule has 0 aliphatic carbocycles. The Morgan fingerprint density at radius 2 is 1.70 bits per heavy atom. The van der Waals surface area contributed by atoms with Crippen molar-refractivity contribution in [1.29, 1.82) is 0 Å². The third kappa shape index (κ3) is 6.74. The topological polar surface area (TPSA) is 83.6 Å². The van der Waals surface area contributed by atoms with E-state index in [9.17, 15) is 31.2 Å². The van der Waals surface area contributed by atoms with Gasteiger partial charge in [0.15, 0.2) is 9.84 Å². The molecule has 0 aliphatic heterocycles. The summed E-state index contributed by atoms with van der Waals surface area (Å²) in [6.07, 6.45) is -3.58. The first kappa shape index (κ1) is 23.7. The second-order valence-electron chi connectivity index (χ2n) is 6.67. The minimum absolute atomic E-state index is 0.109. The molecule has 0 unspecified atom stereocenters. The predicted octanol–water partition coefficient (Wildman–Crippen LogP) is 3.61. The average Bonchev–Trinajstić information content (AvgIpc) is 2.61. The van der Waals surface area contributed by atoms with Gasteiger partial charge in [-0.15, -0.1) is 0 Å². The fourth-order valence-corrected chi connectivity index (χ4v) is 3.60. The molecule has 2 amide bonds. The van der Waals surface area contributed by atoms with E-state index in [2.05, 4.69) is 5.32 Å². The van der Waals surface area contributed by atoms with Crippen molar-refractivity contribution in [3.8, 4) is 0 Å². The zero-order valence-corrected chi connectivity index (χ0v) is 17.5. The van der Waals surface area contributed by atoms with Crippen LogP contribution in [0.15, 0.2) is 42.5 Å². The first-order valence-corrected chi connectivity index (χ1v) is 10.9. The predicted molar refractivity (Wildman–Crippen MR) is 107 cm³/mol. The van der Waals surface area contributed by atoms with Crippen LogP contribution in [0.2, 0.25) is 5.02 Å². The second kappa shape index (κ2) is 9.05. The fraction of sp³-hybridized carbons (Fsp3) is 0.263. The summed E-state index contributed by atoms with van der Waals surface area (Å²) < 4.78 is 61.3. The van der Waals surface area contributed by atoms with Gasteiger partial charge in [-0.1, -0.05) is 23.7 Å². The molecule has 2 aromatic carbocycles. The lowest BCUT2D eigenvalue weighted by atomic mass is 10.1. The number of halogens is 4. The number of benzene rings is 2. The van der Waals surface area contributed by atoms with Crippen LogP contribution in [0.3, 0.4) is 0 Å². The lowest BCUT2D eigenvalue weighted by molar-refractivity contribution is -0.137. The van der Waals surface area contributed by atoms with E-state index in [-0.39, 0.29) is 17.0 Å². The Balaban J connectivity index is 2.03. The van der Waals surface area contributed by atoms with Gasteiger partial charge in [0.25, 0.3) is 5.91 Å². The van der Waals surface area contributed by atoms with Gasteiger partial charge in [0.05, 0.1) is 22.9 Å². The number of rotatable bonds is 6. The highest BCUT2D eigenvalue weighted by atomic mass is 35.5. The van der Waals surface area contributed by atoms with Crippen LogP contribution in [0.1, 0.15) is 21.5 Å². The SMILES string of the molecule is CN(CC(=O)Nc1ccc(Cl)c(C(F)(F)F)c1)C(=O)c1ccc(CS(C)(=O)=O)cc1. The van der Waals surface area contributed by atoms with Gasteiger partial charge in [-0.2, -0.15) is 13.2 Å². The van der Waals surface area contributed by atoms with Gasteiger partial charge in [0, 0.05) is 24.6 Å². The summed E-state index contributed by atoms with van der Waals surface area (Å²) in [5.74, 6) is -1.38. The van der Waals surface area contributed by atoms with Crippen molar-refractivity contribution in [3.63, 3.8) is 0 Å². The largest absolute Gasteiger partial charge is 0.417 e. The molecular weight excluding hydrogens is 445 g/mol. The van der Waals surface area contributed by atoms with Crippen LogP contribution in [-0.2, 0) is 26.6 Å². The van der Waals surface area contributed by atoms with Crippen LogP contribution in [0.25, 0.3) is 0 Å². The van der Waals surface area contributed by atoms with Gasteiger partial charge in [-0.25, -0.2) is 8.42 Å². The van der Waals surface area contributed by atoms with Gasteiger partial charge in [-0.05, 0) is 35.9 Å². The summed E-state index contributed by atoms with van der Waals surface area (Å²) in [5.41, 5.74) is -0.450. The van der Waals surface area contributed by atoms with Gasteiger partial charge < -0.3 is 10.2 Å². The number of carbonyl (C=O) groups is 2. The average molecular weight is 463 g/mol. The van der Waals surface area contributed by atoms with Crippen LogP contribution in [0.5, 0.6) is 0 Å². The third-order valence-corrected chi connectivity index (χ3v) is 5.10. The zero-order valence-electron chi connectivity index (χ0n) is 16.0. The molecule has 2 aromatic rings. The molecule has 0 aliphatic rings. The van der Waals surface area contributed by atoms with Crippen molar-refractivity contribution in [2.45, 2.75) is 11.9 Å². The highest BCUT2D eigenvalue weighted by Gasteiger charge is 2.33. The number of likely N-dealkylation sites (N-methyl/N-ethyl adjacent to an activating group) is 1. The number of amides is 2. The Hall–Kier alpha value is -2.59. The van der Waals surface area contributed by atoms with Crippen molar-refractivity contribution in [3.05, 3.63) is 64.2 Å². The van der Waals surface area contributed by atoms with E-state index in [1.165, 1.54) is 37.4 Å². The van der Waals surface area contributed by atoms with E-state index in [1.54, 1.807) is 0 Å². The molecule has 0 saturated carbocycles. The Morgan fingerprint density at radius 1 is 1.10 bits per heavy atom. The lowest BCUT2D eigenvalue weighted by Gasteiger charge is -2.17. The van der Waals surface area contributed by atoms with E-state index < -0.39 is 45.0 Å². The summed E-state index contributed by atoms with van der Waals surface area (Å²) >= 11 is 5.54. The maximum absolute atomic E-state index is 12.9. The molecule has 6 nitrogen and oxygen atoms in total. The second-order valence-corrected chi connectivity index (χ2v) is 9.22. The van der Waals surface area contributed by atoms with Crippen LogP contribution in [0.4, 0.5) is 18.9 Å². The number of hydrogen-bond acceptors (Lipinski definition) is 4. The van der Waals surface area contributed by atoms with Crippen LogP contribution in [0, 0.1) is 0 Å². The molecule has 11 heteroatoms. The zero-order chi connectivity index (χ0) is 22.7. The van der Waals surface area contributed by atoms with E-state index >= 15 is 0 Å². The number of sulfone groups is 1. The van der Waals surface area contributed by atoms with Gasteiger partial charge in [0.2, 0.25) is 5.91 Å². The van der Waals surface area contributed by atoms with E-state index in [1.807, 2.05) is 0 Å². The minimum atomic E-state index is -4.67. The van der Waals surface area contributed by atoms with E-state index in [0.29, 0.717) is 11.6 Å². The molecule has 0 spiro atoms. The fourth-order valence-electron chi connectivity index (χ4n) is 2.57. The molecule has 0 heterocycles. The highest BCUT2D eigenvalue weighted by Crippen LogP contribution is 2.36. The van der Waals surface area contributed by atoms with Gasteiger partial charge in [0.1, 0.15) is 0 Å². The summed E-state index contributed by atoms with van der Waals surface area (Å²) in [6.45, 7) is -0.409. The van der Waals surface area contributed by atoms with Crippen molar-refractivity contribution in [1.82, 2.24) is 4.90 Å². The van der Waals surface area contributed by atoms with E-state index in [4.69, 9.17) is 11.6 Å². The van der Waals surface area contributed by atoms with Crippen LogP contribution in [-0.4, -0.2) is 45.0 Å². The lowest BCUT2D eigenvalue weighted by Crippen LogP contribution is -2.35. The number of nitrogens with zero attached hydrogens (tertiary/aromatic N) is 1. The molecule has 2 rings (SSSR count). The number of anilines is 1. The molecule has 0 aromatic heterocycles. The molecule has 0 radical (unpaired) electrons. The van der Waals surface area contributed by atoms with Gasteiger partial charge in [-0.3, -0.25) is 9.59 Å². The maximum Gasteiger partial charge on any atom is 0.417 e. The summed E-state index contributed by atoms with van der Waals surface area (Å²) in [6, 6.07) is 8.81. The standard InChI is InChI=1S/C19H18ClF3N2O4S/c1-25(18(27)13-5-3-12(4-6-13)11-30(2,28)29)10-17(26)24-14-7-8-16(20)15(9-14)19(21,22)23/h3-9H,10-11H2,1-2H3,(H,24,26). The molecule has 0 fully saturated rings. The Kier molecular flexibility index (Phi) is 7.14. The third-order valence-electron chi connectivity index (χ3n) is 3.91. The quantitative estimate of drug-likeness (QED) is 0.710. The molecular formula is C19H18ClF3N2O4S. The number of hydrogen-bond donors (Lipinski definition) is 1. The molecule has 1 N–H and O–H groups in total. The molecule has 162 valence electrons. The van der Waals surface area contributed by atoms with Crippen molar-refractivity contribution in [2.24, 2.45) is 0 Å². The summed E-state index contributed by atoms with van der Waals surface area (Å²) in [4.78, 5) is 25.6. The van der Waals surface area contributed by atoms with E-state index in [0.717, 1.165) is 17.2 Å². The summed E-state index contributed by atoms with van der Waals surface area (Å²) in [7, 11) is -1.86. The van der Waals surface area contributed by atoms with Crippen LogP contribution < -0.4 is 5.32 Å². The Labute approximate surface area is 176 Å². The molecule has 0 atom stereocenters. The number of nitrogens with one attached hydrogen (secondary N) is 1. The first-order valence-electron chi connectivity index (χ1n) is 8.45. The van der Waals surface area contributed by atoms with Gasteiger partial charge >= 0.3 is 6.18 Å². The molecule has 0 saturated heterocycles. The van der Waals surface area contributed by atoms with Crippen LogP contribution >= 0.6 is 11.6 Å².